The van der Waals surface area contributed by atoms with Gasteiger partial charge in [0.1, 0.15) is 23.3 Å². The lowest BCUT2D eigenvalue weighted by molar-refractivity contribution is 0.628. The molecule has 1 fully saturated rings. The Bertz CT molecular complexity index is 623. The maximum absolute atomic E-state index is 13.2. The Hall–Kier alpha value is -2.17. The number of nitrogens with zero attached hydrogens (tertiary/aromatic N) is 2. The van der Waals surface area contributed by atoms with E-state index in [1.54, 1.807) is 6.07 Å². The smallest absolute Gasteiger partial charge is 0.136 e. The highest BCUT2D eigenvalue weighted by Gasteiger charge is 2.15. The standard InChI is InChI=1S/C16H19FN4/c1-11-18-15(20-13-6-2-3-7-13)10-16(19-11)21-14-8-4-5-12(17)9-14/h4-5,8-10,13H,2-3,6-7H2,1H3,(H2,18,19,20,21). The highest BCUT2D eigenvalue weighted by Crippen LogP contribution is 2.23. The van der Waals surface area contributed by atoms with E-state index in [9.17, 15) is 4.39 Å². The summed E-state index contributed by atoms with van der Waals surface area (Å²) in [4.78, 5) is 8.77. The monoisotopic (exact) mass is 286 g/mol. The van der Waals surface area contributed by atoms with Crippen molar-refractivity contribution in [2.24, 2.45) is 0 Å². The number of hydrogen-bond acceptors (Lipinski definition) is 4. The van der Waals surface area contributed by atoms with Crippen LogP contribution in [-0.4, -0.2) is 16.0 Å². The number of nitrogens with one attached hydrogen (secondary N) is 2. The molecule has 0 saturated heterocycles. The molecular weight excluding hydrogens is 267 g/mol. The van der Waals surface area contributed by atoms with E-state index in [0.717, 1.165) is 5.82 Å². The third-order valence-corrected chi connectivity index (χ3v) is 3.64. The van der Waals surface area contributed by atoms with E-state index in [1.165, 1.54) is 37.8 Å². The Balaban J connectivity index is 1.77. The lowest BCUT2D eigenvalue weighted by atomic mass is 10.2. The van der Waals surface area contributed by atoms with Gasteiger partial charge in [-0.15, -0.1) is 0 Å². The maximum Gasteiger partial charge on any atom is 0.136 e. The predicted octanol–water partition coefficient (Wildman–Crippen LogP) is 4.02. The van der Waals surface area contributed by atoms with E-state index in [0.29, 0.717) is 23.4 Å². The fraction of sp³-hybridized carbons (Fsp3) is 0.375. The molecule has 4 nitrogen and oxygen atoms in total. The van der Waals surface area contributed by atoms with Crippen LogP contribution in [0.1, 0.15) is 31.5 Å². The fourth-order valence-corrected chi connectivity index (χ4v) is 2.70. The van der Waals surface area contributed by atoms with E-state index in [4.69, 9.17) is 0 Å². The van der Waals surface area contributed by atoms with Crippen LogP contribution in [-0.2, 0) is 0 Å². The van der Waals surface area contributed by atoms with Gasteiger partial charge in [0.15, 0.2) is 0 Å². The minimum atomic E-state index is -0.268. The van der Waals surface area contributed by atoms with E-state index < -0.39 is 0 Å². The van der Waals surface area contributed by atoms with Crippen LogP contribution in [0.2, 0.25) is 0 Å². The molecule has 1 aliphatic rings. The first-order valence-corrected chi connectivity index (χ1v) is 7.34. The molecule has 0 aliphatic heterocycles. The average molecular weight is 286 g/mol. The van der Waals surface area contributed by atoms with Crippen LogP contribution in [0, 0.1) is 12.7 Å². The van der Waals surface area contributed by atoms with Gasteiger partial charge in [0.2, 0.25) is 0 Å². The van der Waals surface area contributed by atoms with E-state index in [-0.39, 0.29) is 5.82 Å². The molecule has 0 radical (unpaired) electrons. The summed E-state index contributed by atoms with van der Waals surface area (Å²) in [6, 6.07) is 8.72. The van der Waals surface area contributed by atoms with E-state index in [1.807, 2.05) is 19.1 Å². The van der Waals surface area contributed by atoms with Crippen LogP contribution < -0.4 is 10.6 Å². The highest BCUT2D eigenvalue weighted by atomic mass is 19.1. The van der Waals surface area contributed by atoms with Crippen molar-refractivity contribution in [2.45, 2.75) is 38.6 Å². The van der Waals surface area contributed by atoms with Crippen LogP contribution in [0.3, 0.4) is 0 Å². The van der Waals surface area contributed by atoms with Crippen molar-refractivity contribution >= 4 is 17.3 Å². The molecule has 0 spiro atoms. The van der Waals surface area contributed by atoms with Crippen molar-refractivity contribution in [3.8, 4) is 0 Å². The maximum atomic E-state index is 13.2. The van der Waals surface area contributed by atoms with Gasteiger partial charge < -0.3 is 10.6 Å². The molecule has 1 heterocycles. The molecule has 5 heteroatoms. The molecule has 2 aromatic rings. The topological polar surface area (TPSA) is 49.8 Å². The molecule has 1 aromatic heterocycles. The number of benzene rings is 1. The third-order valence-electron chi connectivity index (χ3n) is 3.64. The van der Waals surface area contributed by atoms with Gasteiger partial charge in [-0.1, -0.05) is 18.9 Å². The Morgan fingerprint density at radius 2 is 1.86 bits per heavy atom. The Morgan fingerprint density at radius 1 is 1.10 bits per heavy atom. The number of aryl methyl sites for hydroxylation is 1. The number of anilines is 3. The molecule has 2 N–H and O–H groups in total. The summed E-state index contributed by atoms with van der Waals surface area (Å²) in [5.41, 5.74) is 0.680. The average Bonchev–Trinajstić information content (AvgIpc) is 2.90. The molecule has 110 valence electrons. The molecule has 21 heavy (non-hydrogen) atoms. The molecule has 0 unspecified atom stereocenters. The lowest BCUT2D eigenvalue weighted by Crippen LogP contribution is -2.16. The van der Waals surface area contributed by atoms with Crippen molar-refractivity contribution in [1.29, 1.82) is 0 Å². The molecule has 1 saturated carbocycles. The zero-order chi connectivity index (χ0) is 14.7. The molecule has 0 amide bonds. The summed E-state index contributed by atoms with van der Waals surface area (Å²) in [5, 5.41) is 6.57. The Kier molecular flexibility index (Phi) is 3.99. The molecule has 1 aliphatic carbocycles. The number of halogens is 1. The van der Waals surface area contributed by atoms with Crippen molar-refractivity contribution in [3.63, 3.8) is 0 Å². The van der Waals surface area contributed by atoms with Gasteiger partial charge in [-0.3, -0.25) is 0 Å². The van der Waals surface area contributed by atoms with Gasteiger partial charge >= 0.3 is 0 Å². The van der Waals surface area contributed by atoms with Crippen molar-refractivity contribution < 1.29 is 4.39 Å². The normalized spacial score (nSPS) is 15.1. The molecule has 1 aromatic carbocycles. The Morgan fingerprint density at radius 3 is 2.62 bits per heavy atom. The molecular formula is C16H19FN4. The lowest BCUT2D eigenvalue weighted by Gasteiger charge is -2.14. The second kappa shape index (κ2) is 6.08. The van der Waals surface area contributed by atoms with Crippen LogP contribution in [0.4, 0.5) is 21.7 Å². The van der Waals surface area contributed by atoms with Crippen molar-refractivity contribution in [3.05, 3.63) is 42.0 Å². The van der Waals surface area contributed by atoms with Crippen LogP contribution in [0.15, 0.2) is 30.3 Å². The molecule has 0 atom stereocenters. The minimum absolute atomic E-state index is 0.268. The second-order valence-electron chi connectivity index (χ2n) is 5.45. The molecule has 3 rings (SSSR count). The van der Waals surface area contributed by atoms with Crippen LogP contribution in [0.25, 0.3) is 0 Å². The van der Waals surface area contributed by atoms with E-state index in [2.05, 4.69) is 20.6 Å². The first-order chi connectivity index (χ1) is 10.2. The first-order valence-electron chi connectivity index (χ1n) is 7.34. The number of aromatic nitrogens is 2. The number of hydrogen-bond donors (Lipinski definition) is 2. The van der Waals surface area contributed by atoms with Gasteiger partial charge in [-0.2, -0.15) is 0 Å². The van der Waals surface area contributed by atoms with Crippen molar-refractivity contribution in [2.75, 3.05) is 10.6 Å². The summed E-state index contributed by atoms with van der Waals surface area (Å²) in [6.07, 6.45) is 4.93. The van der Waals surface area contributed by atoms with Crippen LogP contribution in [0.5, 0.6) is 0 Å². The second-order valence-corrected chi connectivity index (χ2v) is 5.45. The number of rotatable bonds is 4. The van der Waals surface area contributed by atoms with Gasteiger partial charge in [-0.25, -0.2) is 14.4 Å². The van der Waals surface area contributed by atoms with Crippen molar-refractivity contribution in [1.82, 2.24) is 9.97 Å². The summed E-state index contributed by atoms with van der Waals surface area (Å²) in [7, 11) is 0. The Labute approximate surface area is 123 Å². The highest BCUT2D eigenvalue weighted by molar-refractivity contribution is 5.59. The predicted molar refractivity (Wildman–Crippen MR) is 82.3 cm³/mol. The summed E-state index contributed by atoms with van der Waals surface area (Å²) in [6.45, 7) is 1.86. The largest absolute Gasteiger partial charge is 0.367 e. The summed E-state index contributed by atoms with van der Waals surface area (Å²) >= 11 is 0. The zero-order valence-corrected chi connectivity index (χ0v) is 12.1. The van der Waals surface area contributed by atoms with Gasteiger partial charge in [0.05, 0.1) is 0 Å². The fourth-order valence-electron chi connectivity index (χ4n) is 2.70. The SMILES string of the molecule is Cc1nc(Nc2cccc(F)c2)cc(NC2CCCC2)n1. The summed E-state index contributed by atoms with van der Waals surface area (Å²) in [5.74, 6) is 1.92. The van der Waals surface area contributed by atoms with Gasteiger partial charge in [0.25, 0.3) is 0 Å². The van der Waals surface area contributed by atoms with E-state index >= 15 is 0 Å². The van der Waals surface area contributed by atoms with Gasteiger partial charge in [-0.05, 0) is 38.0 Å². The zero-order valence-electron chi connectivity index (χ0n) is 12.1. The third kappa shape index (κ3) is 3.68. The minimum Gasteiger partial charge on any atom is -0.367 e. The first kappa shape index (κ1) is 13.8. The molecule has 0 bridgehead atoms. The van der Waals surface area contributed by atoms with Gasteiger partial charge in [0, 0.05) is 17.8 Å². The quantitative estimate of drug-likeness (QED) is 0.891. The summed E-state index contributed by atoms with van der Waals surface area (Å²) < 4.78 is 13.2. The van der Waals surface area contributed by atoms with Crippen LogP contribution >= 0.6 is 0 Å².